The van der Waals surface area contributed by atoms with Crippen molar-refractivity contribution in [3.63, 3.8) is 0 Å². The Kier molecular flexibility index (Phi) is 4.35. The van der Waals surface area contributed by atoms with E-state index >= 15 is 0 Å². The lowest BCUT2D eigenvalue weighted by Crippen LogP contribution is -2.37. The van der Waals surface area contributed by atoms with Gasteiger partial charge in [0, 0.05) is 29.2 Å². The van der Waals surface area contributed by atoms with Crippen LogP contribution in [0.25, 0.3) is 0 Å². The molecule has 1 heterocycles. The summed E-state index contributed by atoms with van der Waals surface area (Å²) < 4.78 is 0. The first-order valence-corrected chi connectivity index (χ1v) is 7.84. The first-order chi connectivity index (χ1) is 11.0. The zero-order valence-corrected chi connectivity index (χ0v) is 13.5. The number of amides is 2. The summed E-state index contributed by atoms with van der Waals surface area (Å²) in [6.07, 6.45) is 0.306. The van der Waals surface area contributed by atoms with Gasteiger partial charge in [0.25, 0.3) is 5.91 Å². The van der Waals surface area contributed by atoms with E-state index < -0.39 is 0 Å². The lowest BCUT2D eigenvalue weighted by molar-refractivity contribution is -0.117. The first-order valence-electron chi connectivity index (χ1n) is 7.46. The second-order valence-corrected chi connectivity index (χ2v) is 6.16. The summed E-state index contributed by atoms with van der Waals surface area (Å²) in [6.45, 7) is 2.48. The molecule has 0 radical (unpaired) electrons. The van der Waals surface area contributed by atoms with Crippen molar-refractivity contribution in [2.24, 2.45) is 0 Å². The van der Waals surface area contributed by atoms with Crippen molar-refractivity contribution in [2.75, 3.05) is 11.4 Å². The Labute approximate surface area is 140 Å². The van der Waals surface area contributed by atoms with Crippen LogP contribution in [0.5, 0.6) is 0 Å². The molecule has 0 unspecified atom stereocenters. The predicted molar refractivity (Wildman–Crippen MR) is 90.9 cm³/mol. The number of hydrogen-bond donors (Lipinski definition) is 1. The van der Waals surface area contributed by atoms with Crippen LogP contribution in [0, 0.1) is 6.92 Å². The van der Waals surface area contributed by atoms with Crippen molar-refractivity contribution < 1.29 is 9.59 Å². The molecule has 0 aliphatic carbocycles. The highest BCUT2D eigenvalue weighted by Gasteiger charge is 2.31. The van der Waals surface area contributed by atoms with Gasteiger partial charge in [-0.1, -0.05) is 35.4 Å². The van der Waals surface area contributed by atoms with Crippen molar-refractivity contribution in [2.45, 2.75) is 19.4 Å². The average Bonchev–Trinajstić information content (AvgIpc) is 2.88. The average molecular weight is 329 g/mol. The summed E-state index contributed by atoms with van der Waals surface area (Å²) in [5, 5.41) is 3.42. The molecule has 23 heavy (non-hydrogen) atoms. The quantitative estimate of drug-likeness (QED) is 0.940. The molecule has 0 aromatic heterocycles. The van der Waals surface area contributed by atoms with Gasteiger partial charge in [-0.2, -0.15) is 0 Å². The van der Waals surface area contributed by atoms with Crippen molar-refractivity contribution in [1.29, 1.82) is 0 Å². The third kappa shape index (κ3) is 3.54. The Morgan fingerprint density at radius 1 is 1.22 bits per heavy atom. The van der Waals surface area contributed by atoms with Gasteiger partial charge < -0.3 is 10.2 Å². The van der Waals surface area contributed by atoms with Crippen LogP contribution in [0.15, 0.2) is 48.5 Å². The summed E-state index contributed by atoms with van der Waals surface area (Å²) in [5.41, 5.74) is 2.50. The molecule has 118 valence electrons. The molecule has 1 N–H and O–H groups in total. The van der Waals surface area contributed by atoms with Gasteiger partial charge in [-0.15, -0.1) is 0 Å². The molecule has 2 aromatic rings. The SMILES string of the molecule is Cc1ccc(N2C[C@@H](NC(=O)c3cccc(Cl)c3)CC2=O)cc1. The Hall–Kier alpha value is -2.33. The third-order valence-corrected chi connectivity index (χ3v) is 4.13. The topological polar surface area (TPSA) is 49.4 Å². The largest absolute Gasteiger partial charge is 0.347 e. The van der Waals surface area contributed by atoms with E-state index in [9.17, 15) is 9.59 Å². The van der Waals surface area contributed by atoms with E-state index in [1.54, 1.807) is 29.2 Å². The Balaban J connectivity index is 1.68. The van der Waals surface area contributed by atoms with Crippen LogP contribution in [0.4, 0.5) is 5.69 Å². The molecule has 3 rings (SSSR count). The molecule has 1 fully saturated rings. The molecule has 2 amide bonds. The maximum Gasteiger partial charge on any atom is 0.251 e. The van der Waals surface area contributed by atoms with Crippen LogP contribution >= 0.6 is 11.6 Å². The lowest BCUT2D eigenvalue weighted by atomic mass is 10.2. The van der Waals surface area contributed by atoms with Gasteiger partial charge in [0.2, 0.25) is 5.91 Å². The highest BCUT2D eigenvalue weighted by Crippen LogP contribution is 2.22. The molecule has 1 aliphatic rings. The highest BCUT2D eigenvalue weighted by molar-refractivity contribution is 6.30. The lowest BCUT2D eigenvalue weighted by Gasteiger charge is -2.17. The smallest absolute Gasteiger partial charge is 0.251 e. The van der Waals surface area contributed by atoms with Crippen molar-refractivity contribution in [3.8, 4) is 0 Å². The van der Waals surface area contributed by atoms with Crippen molar-refractivity contribution in [1.82, 2.24) is 5.32 Å². The van der Waals surface area contributed by atoms with Crippen molar-refractivity contribution >= 4 is 29.1 Å². The fourth-order valence-corrected chi connectivity index (χ4v) is 2.87. The summed E-state index contributed by atoms with van der Waals surface area (Å²) in [6, 6.07) is 14.4. The van der Waals surface area contributed by atoms with Crippen LogP contribution in [0.2, 0.25) is 5.02 Å². The van der Waals surface area contributed by atoms with Gasteiger partial charge in [0.15, 0.2) is 0 Å². The number of rotatable bonds is 3. The predicted octanol–water partition coefficient (Wildman–Crippen LogP) is 3.18. The summed E-state index contributed by atoms with van der Waals surface area (Å²) >= 11 is 5.90. The summed E-state index contributed by atoms with van der Waals surface area (Å²) in [4.78, 5) is 26.2. The molecule has 5 heteroatoms. The standard InChI is InChI=1S/C18H17ClN2O2/c1-12-5-7-16(8-6-12)21-11-15(10-17(21)22)20-18(23)13-3-2-4-14(19)9-13/h2-9,15H,10-11H2,1H3,(H,20,23)/t15-/m0/s1. The Morgan fingerprint density at radius 2 is 1.96 bits per heavy atom. The molecule has 1 saturated heterocycles. The molecular formula is C18H17ClN2O2. The molecule has 2 aromatic carbocycles. The first kappa shape index (κ1) is 15.6. The van der Waals surface area contributed by atoms with E-state index in [2.05, 4.69) is 5.32 Å². The Bertz CT molecular complexity index is 743. The minimum atomic E-state index is -0.212. The zero-order chi connectivity index (χ0) is 16.4. The van der Waals surface area contributed by atoms with E-state index in [-0.39, 0.29) is 17.9 Å². The normalized spacial score (nSPS) is 17.4. The Morgan fingerprint density at radius 3 is 2.65 bits per heavy atom. The summed E-state index contributed by atoms with van der Waals surface area (Å²) in [7, 11) is 0. The second kappa shape index (κ2) is 6.42. The van der Waals surface area contributed by atoms with Gasteiger partial charge in [-0.05, 0) is 37.3 Å². The number of anilines is 1. The minimum absolute atomic E-state index is 0.0187. The number of halogens is 1. The number of nitrogens with zero attached hydrogens (tertiary/aromatic N) is 1. The third-order valence-electron chi connectivity index (χ3n) is 3.89. The maximum atomic E-state index is 12.2. The minimum Gasteiger partial charge on any atom is -0.347 e. The van der Waals surface area contributed by atoms with E-state index in [1.807, 2.05) is 31.2 Å². The number of nitrogens with one attached hydrogen (secondary N) is 1. The number of aryl methyl sites for hydroxylation is 1. The highest BCUT2D eigenvalue weighted by atomic mass is 35.5. The molecule has 0 saturated carbocycles. The van der Waals surface area contributed by atoms with Gasteiger partial charge in [0.05, 0.1) is 6.04 Å². The van der Waals surface area contributed by atoms with Crippen LogP contribution in [0.1, 0.15) is 22.3 Å². The molecular weight excluding hydrogens is 312 g/mol. The van der Waals surface area contributed by atoms with Gasteiger partial charge in [-0.25, -0.2) is 0 Å². The van der Waals surface area contributed by atoms with Gasteiger partial charge in [0.1, 0.15) is 0 Å². The number of hydrogen-bond acceptors (Lipinski definition) is 2. The fraction of sp³-hybridized carbons (Fsp3) is 0.222. The second-order valence-electron chi connectivity index (χ2n) is 5.72. The molecule has 1 atom stereocenters. The van der Waals surface area contributed by atoms with Crippen LogP contribution in [-0.4, -0.2) is 24.4 Å². The zero-order valence-electron chi connectivity index (χ0n) is 12.8. The van der Waals surface area contributed by atoms with Gasteiger partial charge in [-0.3, -0.25) is 9.59 Å². The molecule has 1 aliphatic heterocycles. The van der Waals surface area contributed by atoms with Crippen LogP contribution in [0.3, 0.4) is 0 Å². The van der Waals surface area contributed by atoms with E-state index in [0.29, 0.717) is 23.6 Å². The van der Waals surface area contributed by atoms with E-state index in [0.717, 1.165) is 11.3 Å². The molecule has 0 bridgehead atoms. The van der Waals surface area contributed by atoms with E-state index in [4.69, 9.17) is 11.6 Å². The fourth-order valence-electron chi connectivity index (χ4n) is 2.68. The number of benzene rings is 2. The molecule has 0 spiro atoms. The molecule has 4 nitrogen and oxygen atoms in total. The number of carbonyl (C=O) groups excluding carboxylic acids is 2. The van der Waals surface area contributed by atoms with Crippen LogP contribution < -0.4 is 10.2 Å². The van der Waals surface area contributed by atoms with E-state index in [1.165, 1.54) is 0 Å². The number of carbonyl (C=O) groups is 2. The van der Waals surface area contributed by atoms with Crippen LogP contribution in [-0.2, 0) is 4.79 Å². The van der Waals surface area contributed by atoms with Crippen molar-refractivity contribution in [3.05, 3.63) is 64.7 Å². The van der Waals surface area contributed by atoms with Gasteiger partial charge >= 0.3 is 0 Å². The maximum absolute atomic E-state index is 12.2. The summed E-state index contributed by atoms with van der Waals surface area (Å²) in [5.74, 6) is -0.193. The monoisotopic (exact) mass is 328 g/mol.